The number of hydrogen-bond donors (Lipinski definition) is 2. The SMILES string of the molecule is C[C@H](NC(=S)Nc1ccccc1C(F)(F)F)[C@@H]1C[C@@H]2CC[C@@H]1C2. The van der Waals surface area contributed by atoms with E-state index >= 15 is 0 Å². The molecule has 0 amide bonds. The molecule has 0 radical (unpaired) electrons. The Morgan fingerprint density at radius 2 is 1.96 bits per heavy atom. The number of benzene rings is 1. The maximum Gasteiger partial charge on any atom is 0.418 e. The molecular formula is C17H21F3N2S. The van der Waals surface area contributed by atoms with Crippen LogP contribution in [0.15, 0.2) is 24.3 Å². The summed E-state index contributed by atoms with van der Waals surface area (Å²) in [5.74, 6) is 2.15. The first-order chi connectivity index (χ1) is 10.8. The number of anilines is 1. The number of alkyl halides is 3. The summed E-state index contributed by atoms with van der Waals surface area (Å²) in [5.41, 5.74) is -0.700. The summed E-state index contributed by atoms with van der Waals surface area (Å²) in [5, 5.41) is 6.16. The first-order valence-electron chi connectivity index (χ1n) is 8.08. The van der Waals surface area contributed by atoms with Crippen LogP contribution in [0.2, 0.25) is 0 Å². The predicted octanol–water partition coefficient (Wildman–Crippen LogP) is 4.82. The monoisotopic (exact) mass is 342 g/mol. The van der Waals surface area contributed by atoms with Crippen LogP contribution in [0.4, 0.5) is 18.9 Å². The normalized spacial score (nSPS) is 27.7. The molecule has 0 heterocycles. The summed E-state index contributed by atoms with van der Waals surface area (Å²) in [6, 6.07) is 5.59. The van der Waals surface area contributed by atoms with Crippen LogP contribution in [0.25, 0.3) is 0 Å². The molecule has 2 saturated carbocycles. The van der Waals surface area contributed by atoms with E-state index in [0.717, 1.165) is 17.9 Å². The lowest BCUT2D eigenvalue weighted by molar-refractivity contribution is -0.136. The molecule has 1 aromatic carbocycles. The summed E-state index contributed by atoms with van der Waals surface area (Å²) in [6.07, 6.45) is 0.720. The van der Waals surface area contributed by atoms with E-state index in [-0.39, 0.29) is 16.8 Å². The van der Waals surface area contributed by atoms with Crippen LogP contribution in [0.5, 0.6) is 0 Å². The van der Waals surface area contributed by atoms with Crippen molar-refractivity contribution in [2.75, 3.05) is 5.32 Å². The molecule has 2 nitrogen and oxygen atoms in total. The van der Waals surface area contributed by atoms with Gasteiger partial charge in [0.25, 0.3) is 0 Å². The summed E-state index contributed by atoms with van der Waals surface area (Å²) in [4.78, 5) is 0. The van der Waals surface area contributed by atoms with Crippen LogP contribution in [0.3, 0.4) is 0 Å². The molecule has 2 N–H and O–H groups in total. The highest BCUT2D eigenvalue weighted by Crippen LogP contribution is 2.49. The lowest BCUT2D eigenvalue weighted by Crippen LogP contribution is -2.42. The van der Waals surface area contributed by atoms with Gasteiger partial charge in [-0.05, 0) is 68.3 Å². The zero-order valence-electron chi connectivity index (χ0n) is 13.0. The van der Waals surface area contributed by atoms with Gasteiger partial charge in [-0.1, -0.05) is 18.6 Å². The van der Waals surface area contributed by atoms with E-state index in [1.807, 2.05) is 0 Å². The molecule has 2 bridgehead atoms. The molecule has 0 saturated heterocycles. The molecule has 6 heteroatoms. The predicted molar refractivity (Wildman–Crippen MR) is 89.2 cm³/mol. The number of rotatable bonds is 3. The molecule has 2 fully saturated rings. The first kappa shape index (κ1) is 16.6. The lowest BCUT2D eigenvalue weighted by atomic mass is 9.84. The van der Waals surface area contributed by atoms with Crippen LogP contribution in [-0.4, -0.2) is 11.2 Å². The molecule has 0 unspecified atom stereocenters. The van der Waals surface area contributed by atoms with Gasteiger partial charge in [-0.2, -0.15) is 13.2 Å². The van der Waals surface area contributed by atoms with Gasteiger partial charge in [-0.3, -0.25) is 0 Å². The first-order valence-corrected chi connectivity index (χ1v) is 8.49. The quantitative estimate of drug-likeness (QED) is 0.771. The third kappa shape index (κ3) is 3.62. The van der Waals surface area contributed by atoms with Gasteiger partial charge in [0.1, 0.15) is 0 Å². The Morgan fingerprint density at radius 3 is 2.57 bits per heavy atom. The second kappa shape index (κ2) is 6.30. The fraction of sp³-hybridized carbons (Fsp3) is 0.588. The van der Waals surface area contributed by atoms with Gasteiger partial charge in [0, 0.05) is 6.04 Å². The van der Waals surface area contributed by atoms with Crippen molar-refractivity contribution in [3.63, 3.8) is 0 Å². The number of thiocarbonyl (C=S) groups is 1. The van der Waals surface area contributed by atoms with Crippen molar-refractivity contribution in [1.82, 2.24) is 5.32 Å². The Morgan fingerprint density at radius 1 is 1.22 bits per heavy atom. The highest BCUT2D eigenvalue weighted by atomic mass is 32.1. The van der Waals surface area contributed by atoms with Crippen LogP contribution in [0.1, 0.15) is 38.2 Å². The molecule has 23 heavy (non-hydrogen) atoms. The average molecular weight is 342 g/mol. The largest absolute Gasteiger partial charge is 0.418 e. The number of para-hydroxylation sites is 1. The van der Waals surface area contributed by atoms with Crippen molar-refractivity contribution in [2.24, 2.45) is 17.8 Å². The van der Waals surface area contributed by atoms with Crippen molar-refractivity contribution < 1.29 is 13.2 Å². The molecule has 0 aromatic heterocycles. The van der Waals surface area contributed by atoms with Crippen molar-refractivity contribution in [3.05, 3.63) is 29.8 Å². The van der Waals surface area contributed by atoms with E-state index in [2.05, 4.69) is 17.6 Å². The Bertz CT molecular complexity index is 587. The van der Waals surface area contributed by atoms with Crippen molar-refractivity contribution in [3.8, 4) is 0 Å². The standard InChI is InChI=1S/C17H21F3N2S/c1-10(13-9-11-6-7-12(13)8-11)21-16(23)22-15-5-3-2-4-14(15)17(18,19)20/h2-5,10-13H,6-9H2,1H3,(H2,21,22,23)/t10-,11+,12+,13-/m0/s1. The second-order valence-electron chi connectivity index (χ2n) is 6.77. The molecular weight excluding hydrogens is 321 g/mol. The summed E-state index contributed by atoms with van der Waals surface area (Å²) in [7, 11) is 0. The van der Waals surface area contributed by atoms with Gasteiger partial charge in [-0.15, -0.1) is 0 Å². The Kier molecular flexibility index (Phi) is 4.54. The molecule has 0 aliphatic heterocycles. The molecule has 2 aliphatic rings. The third-order valence-electron chi connectivity index (χ3n) is 5.27. The molecule has 126 valence electrons. The zero-order chi connectivity index (χ0) is 16.6. The van der Waals surface area contributed by atoms with Crippen LogP contribution >= 0.6 is 12.2 Å². The summed E-state index contributed by atoms with van der Waals surface area (Å²) < 4.78 is 39.0. The van der Waals surface area contributed by atoms with Crippen molar-refractivity contribution in [2.45, 2.75) is 44.8 Å². The Labute approximate surface area is 139 Å². The molecule has 3 rings (SSSR count). The van der Waals surface area contributed by atoms with E-state index < -0.39 is 11.7 Å². The number of halogens is 3. The van der Waals surface area contributed by atoms with Gasteiger partial charge < -0.3 is 10.6 Å². The van der Waals surface area contributed by atoms with Crippen LogP contribution in [0, 0.1) is 17.8 Å². The van der Waals surface area contributed by atoms with E-state index in [9.17, 15) is 13.2 Å². The van der Waals surface area contributed by atoms with Gasteiger partial charge in [0.15, 0.2) is 5.11 Å². The number of fused-ring (bicyclic) bond motifs is 2. The van der Waals surface area contributed by atoms with E-state index in [0.29, 0.717) is 5.92 Å². The van der Waals surface area contributed by atoms with Gasteiger partial charge >= 0.3 is 6.18 Å². The summed E-state index contributed by atoms with van der Waals surface area (Å²) in [6.45, 7) is 2.08. The average Bonchev–Trinajstić information content (AvgIpc) is 3.09. The maximum absolute atomic E-state index is 13.0. The van der Waals surface area contributed by atoms with Gasteiger partial charge in [-0.25, -0.2) is 0 Å². The number of hydrogen-bond acceptors (Lipinski definition) is 1. The van der Waals surface area contributed by atoms with Gasteiger partial charge in [0.2, 0.25) is 0 Å². The maximum atomic E-state index is 13.0. The number of nitrogens with one attached hydrogen (secondary N) is 2. The molecule has 4 atom stereocenters. The lowest BCUT2D eigenvalue weighted by Gasteiger charge is -2.29. The molecule has 2 aliphatic carbocycles. The third-order valence-corrected chi connectivity index (χ3v) is 5.49. The van der Waals surface area contributed by atoms with Crippen molar-refractivity contribution >= 4 is 23.0 Å². The van der Waals surface area contributed by atoms with E-state index in [4.69, 9.17) is 12.2 Å². The highest BCUT2D eigenvalue weighted by molar-refractivity contribution is 7.80. The fourth-order valence-electron chi connectivity index (χ4n) is 4.22. The van der Waals surface area contributed by atoms with Gasteiger partial charge in [0.05, 0.1) is 11.3 Å². The summed E-state index contributed by atoms with van der Waals surface area (Å²) >= 11 is 5.23. The fourth-order valence-corrected chi connectivity index (χ4v) is 4.51. The minimum atomic E-state index is -4.39. The highest BCUT2D eigenvalue weighted by Gasteiger charge is 2.42. The van der Waals surface area contributed by atoms with Crippen molar-refractivity contribution in [1.29, 1.82) is 0 Å². The minimum absolute atomic E-state index is 0.00218. The van der Waals surface area contributed by atoms with Crippen LogP contribution < -0.4 is 10.6 Å². The Balaban J connectivity index is 1.62. The van der Waals surface area contributed by atoms with Crippen LogP contribution in [-0.2, 0) is 6.18 Å². The van der Waals surface area contributed by atoms with E-state index in [1.165, 1.54) is 37.8 Å². The topological polar surface area (TPSA) is 24.1 Å². The Hall–Kier alpha value is -1.30. The smallest absolute Gasteiger partial charge is 0.360 e. The molecule has 1 aromatic rings. The van der Waals surface area contributed by atoms with E-state index in [1.54, 1.807) is 6.07 Å². The zero-order valence-corrected chi connectivity index (χ0v) is 13.8. The molecule has 0 spiro atoms. The second-order valence-corrected chi connectivity index (χ2v) is 7.18. The minimum Gasteiger partial charge on any atom is -0.360 e.